The highest BCUT2D eigenvalue weighted by molar-refractivity contribution is 7.99. The minimum Gasteiger partial charge on any atom is -0.431 e. The van der Waals surface area contributed by atoms with Crippen molar-refractivity contribution in [2.75, 3.05) is 25.2 Å². The summed E-state index contributed by atoms with van der Waals surface area (Å²) in [5.41, 5.74) is 2.36. The lowest BCUT2D eigenvalue weighted by molar-refractivity contribution is -0.113. The number of amides is 1. The predicted molar refractivity (Wildman–Crippen MR) is 110 cm³/mol. The molecule has 0 unspecified atom stereocenters. The first-order valence-corrected chi connectivity index (χ1v) is 10.9. The number of anilines is 1. The number of carbonyl (C=O) groups is 1. The summed E-state index contributed by atoms with van der Waals surface area (Å²) in [6.45, 7) is 0. The van der Waals surface area contributed by atoms with Crippen LogP contribution < -0.4 is 5.32 Å². The number of nitrogens with one attached hydrogen (secondary N) is 1. The van der Waals surface area contributed by atoms with Crippen molar-refractivity contribution in [1.29, 1.82) is 5.26 Å². The summed E-state index contributed by atoms with van der Waals surface area (Å²) in [7, 11) is -0.648. The summed E-state index contributed by atoms with van der Waals surface area (Å²) in [4.78, 5) is 16.5. The van der Waals surface area contributed by atoms with Gasteiger partial charge in [-0.2, -0.15) is 5.26 Å². The van der Waals surface area contributed by atoms with E-state index >= 15 is 0 Å². The molecule has 0 saturated carbocycles. The number of sulfonamides is 1. The fourth-order valence-electron chi connectivity index (χ4n) is 2.44. The average molecular weight is 431 g/mol. The van der Waals surface area contributed by atoms with Crippen LogP contribution in [0, 0.1) is 11.3 Å². The molecule has 3 rings (SSSR count). The summed E-state index contributed by atoms with van der Waals surface area (Å²) < 4.78 is 31.1. The Kier molecular flexibility index (Phi) is 6.22. The van der Waals surface area contributed by atoms with Crippen LogP contribution in [0.25, 0.3) is 11.1 Å². The largest absolute Gasteiger partial charge is 0.431 e. The Morgan fingerprint density at radius 1 is 1.24 bits per heavy atom. The van der Waals surface area contributed by atoms with Gasteiger partial charge in [-0.05, 0) is 35.9 Å². The third-order valence-electron chi connectivity index (χ3n) is 3.97. The molecule has 0 saturated heterocycles. The molecule has 1 aromatic heterocycles. The number of carbonyl (C=O) groups excluding carboxylic acids is 1. The van der Waals surface area contributed by atoms with Crippen molar-refractivity contribution in [2.45, 2.75) is 16.5 Å². The smallest absolute Gasteiger partial charge is 0.257 e. The van der Waals surface area contributed by atoms with E-state index in [9.17, 15) is 13.2 Å². The SMILES string of the molecule is CN(C)S(=O)(=O)c1ccc2oc(SCC(=O)Nc3ccc(CC#N)cc3)nc2c1. The minimum atomic E-state index is -3.56. The Balaban J connectivity index is 1.64. The van der Waals surface area contributed by atoms with Crippen LogP contribution in [0.5, 0.6) is 0 Å². The van der Waals surface area contributed by atoms with E-state index in [-0.39, 0.29) is 21.8 Å². The molecule has 0 spiro atoms. The van der Waals surface area contributed by atoms with Gasteiger partial charge >= 0.3 is 0 Å². The zero-order valence-electron chi connectivity index (χ0n) is 15.7. The number of rotatable bonds is 7. The lowest BCUT2D eigenvalue weighted by atomic mass is 10.1. The first-order chi connectivity index (χ1) is 13.8. The molecule has 0 aliphatic heterocycles. The molecule has 0 aliphatic carbocycles. The minimum absolute atomic E-state index is 0.0790. The van der Waals surface area contributed by atoms with Crippen LogP contribution >= 0.6 is 11.8 Å². The van der Waals surface area contributed by atoms with Gasteiger partial charge in [0.25, 0.3) is 5.22 Å². The molecule has 1 N–H and O–H groups in total. The average Bonchev–Trinajstić information content (AvgIpc) is 3.10. The molecule has 0 aliphatic rings. The summed E-state index contributed by atoms with van der Waals surface area (Å²) >= 11 is 1.11. The van der Waals surface area contributed by atoms with Crippen LogP contribution in [-0.4, -0.2) is 43.5 Å². The molecule has 1 amide bonds. The summed E-state index contributed by atoms with van der Waals surface area (Å²) in [6, 6.07) is 13.6. The van der Waals surface area contributed by atoms with Gasteiger partial charge in [0.2, 0.25) is 15.9 Å². The van der Waals surface area contributed by atoms with E-state index in [0.717, 1.165) is 21.6 Å². The number of benzene rings is 2. The van der Waals surface area contributed by atoms with Gasteiger partial charge in [0.1, 0.15) is 5.52 Å². The van der Waals surface area contributed by atoms with Crippen LogP contribution in [0.2, 0.25) is 0 Å². The molecular formula is C19H18N4O4S2. The number of nitrogens with zero attached hydrogens (tertiary/aromatic N) is 3. The second-order valence-electron chi connectivity index (χ2n) is 6.27. The molecule has 3 aromatic rings. The topological polar surface area (TPSA) is 116 Å². The van der Waals surface area contributed by atoms with Crippen molar-refractivity contribution in [1.82, 2.24) is 9.29 Å². The van der Waals surface area contributed by atoms with Gasteiger partial charge in [0.05, 0.1) is 23.1 Å². The van der Waals surface area contributed by atoms with Gasteiger partial charge in [-0.15, -0.1) is 0 Å². The molecule has 0 bridgehead atoms. The summed E-state index contributed by atoms with van der Waals surface area (Å²) in [5, 5.41) is 11.7. The molecular weight excluding hydrogens is 412 g/mol. The molecule has 29 heavy (non-hydrogen) atoms. The van der Waals surface area contributed by atoms with Gasteiger partial charge < -0.3 is 9.73 Å². The summed E-state index contributed by atoms with van der Waals surface area (Å²) in [6.07, 6.45) is 0.319. The van der Waals surface area contributed by atoms with E-state index in [4.69, 9.17) is 9.68 Å². The Morgan fingerprint density at radius 2 is 1.97 bits per heavy atom. The zero-order valence-corrected chi connectivity index (χ0v) is 17.4. The van der Waals surface area contributed by atoms with Gasteiger partial charge in [-0.25, -0.2) is 17.7 Å². The molecule has 1 heterocycles. The standard InChI is InChI=1S/C19H18N4O4S2/c1-23(2)29(25,26)15-7-8-17-16(11-15)22-19(27-17)28-12-18(24)21-14-5-3-13(4-6-14)9-10-20/h3-8,11H,9,12H2,1-2H3,(H,21,24). The maximum Gasteiger partial charge on any atom is 0.257 e. The first-order valence-electron chi connectivity index (χ1n) is 8.51. The number of hydrogen-bond donors (Lipinski definition) is 1. The van der Waals surface area contributed by atoms with E-state index in [1.165, 1.54) is 26.2 Å². The fourth-order valence-corrected chi connectivity index (χ4v) is 4.00. The Hall–Kier alpha value is -2.87. The van der Waals surface area contributed by atoms with Crippen LogP contribution in [-0.2, 0) is 21.2 Å². The molecule has 10 heteroatoms. The van der Waals surface area contributed by atoms with E-state index in [0.29, 0.717) is 23.2 Å². The lowest BCUT2D eigenvalue weighted by Crippen LogP contribution is -2.22. The van der Waals surface area contributed by atoms with E-state index in [1.54, 1.807) is 30.3 Å². The van der Waals surface area contributed by atoms with Gasteiger partial charge in [0.15, 0.2) is 5.58 Å². The van der Waals surface area contributed by atoms with Crippen LogP contribution in [0.3, 0.4) is 0 Å². The quantitative estimate of drug-likeness (QED) is 0.573. The Bertz CT molecular complexity index is 1180. The monoisotopic (exact) mass is 430 g/mol. The van der Waals surface area contributed by atoms with Crippen molar-refractivity contribution in [3.05, 3.63) is 48.0 Å². The van der Waals surface area contributed by atoms with Crippen molar-refractivity contribution in [2.24, 2.45) is 0 Å². The highest BCUT2D eigenvalue weighted by Crippen LogP contribution is 2.26. The van der Waals surface area contributed by atoms with E-state index < -0.39 is 10.0 Å². The first kappa shape index (κ1) is 20.9. The third kappa shape index (κ3) is 4.95. The highest BCUT2D eigenvalue weighted by atomic mass is 32.2. The number of oxazole rings is 1. The second kappa shape index (κ2) is 8.65. The van der Waals surface area contributed by atoms with Crippen LogP contribution in [0.4, 0.5) is 5.69 Å². The van der Waals surface area contributed by atoms with Crippen molar-refractivity contribution >= 4 is 44.5 Å². The molecule has 0 atom stereocenters. The number of fused-ring (bicyclic) bond motifs is 1. The molecule has 150 valence electrons. The molecule has 0 fully saturated rings. The van der Waals surface area contributed by atoms with Gasteiger partial charge in [-0.3, -0.25) is 4.79 Å². The highest BCUT2D eigenvalue weighted by Gasteiger charge is 2.19. The van der Waals surface area contributed by atoms with Crippen LogP contribution in [0.1, 0.15) is 5.56 Å². The van der Waals surface area contributed by atoms with Gasteiger partial charge in [0, 0.05) is 19.8 Å². The van der Waals surface area contributed by atoms with Crippen molar-refractivity contribution in [3.8, 4) is 6.07 Å². The molecule has 0 radical (unpaired) electrons. The van der Waals surface area contributed by atoms with Crippen molar-refractivity contribution in [3.63, 3.8) is 0 Å². The number of thioether (sulfide) groups is 1. The fraction of sp³-hybridized carbons (Fsp3) is 0.211. The van der Waals surface area contributed by atoms with Crippen molar-refractivity contribution < 1.29 is 17.6 Å². The number of aromatic nitrogens is 1. The van der Waals surface area contributed by atoms with E-state index in [2.05, 4.69) is 16.4 Å². The second-order valence-corrected chi connectivity index (χ2v) is 9.34. The maximum atomic E-state index is 12.2. The lowest BCUT2D eigenvalue weighted by Gasteiger charge is -2.10. The number of nitriles is 1. The van der Waals surface area contributed by atoms with Crippen LogP contribution in [0.15, 0.2) is 57.0 Å². The normalized spacial score (nSPS) is 11.5. The van der Waals surface area contributed by atoms with E-state index in [1.807, 2.05) is 0 Å². The summed E-state index contributed by atoms with van der Waals surface area (Å²) in [5.74, 6) is -0.156. The molecule has 2 aromatic carbocycles. The zero-order chi connectivity index (χ0) is 21.0. The van der Waals surface area contributed by atoms with Gasteiger partial charge in [-0.1, -0.05) is 23.9 Å². The number of hydrogen-bond acceptors (Lipinski definition) is 7. The predicted octanol–water partition coefficient (Wildman–Crippen LogP) is 2.87. The molecule has 8 nitrogen and oxygen atoms in total. The maximum absolute atomic E-state index is 12.2. The Labute approximate surface area is 172 Å². The third-order valence-corrected chi connectivity index (χ3v) is 6.60. The Morgan fingerprint density at radius 3 is 2.62 bits per heavy atom.